The maximum absolute atomic E-state index is 11.6. The van der Waals surface area contributed by atoms with Crippen LogP contribution in [-0.4, -0.2) is 34.9 Å². The smallest absolute Gasteiger partial charge is 0.241 e. The van der Waals surface area contributed by atoms with Gasteiger partial charge in [-0.2, -0.15) is 5.10 Å². The Kier molecular flexibility index (Phi) is 4.58. The summed E-state index contributed by atoms with van der Waals surface area (Å²) in [7, 11) is 0. The third kappa shape index (κ3) is 4.03. The predicted molar refractivity (Wildman–Crippen MR) is 67.9 cm³/mol. The quantitative estimate of drug-likeness (QED) is 0.801. The van der Waals surface area contributed by atoms with Crippen molar-refractivity contribution < 1.29 is 9.53 Å². The van der Waals surface area contributed by atoms with Gasteiger partial charge in [0.2, 0.25) is 5.91 Å². The van der Waals surface area contributed by atoms with Gasteiger partial charge in [-0.3, -0.25) is 9.48 Å². The van der Waals surface area contributed by atoms with Gasteiger partial charge in [0.15, 0.2) is 0 Å². The van der Waals surface area contributed by atoms with Gasteiger partial charge >= 0.3 is 0 Å². The molecule has 1 amide bonds. The van der Waals surface area contributed by atoms with E-state index in [-0.39, 0.29) is 12.5 Å². The van der Waals surface area contributed by atoms with Crippen molar-refractivity contribution in [2.75, 3.05) is 18.9 Å². The van der Waals surface area contributed by atoms with Crippen LogP contribution in [0.1, 0.15) is 25.7 Å². The highest BCUT2D eigenvalue weighted by Crippen LogP contribution is 2.14. The number of aromatic nitrogens is 2. The van der Waals surface area contributed by atoms with Crippen molar-refractivity contribution in [1.29, 1.82) is 0 Å². The van der Waals surface area contributed by atoms with Crippen molar-refractivity contribution >= 4 is 11.7 Å². The number of rotatable bonds is 5. The summed E-state index contributed by atoms with van der Waals surface area (Å²) in [5.74, 6) is 0.382. The largest absolute Gasteiger partial charge is 0.382 e. The van der Waals surface area contributed by atoms with E-state index in [1.807, 2.05) is 0 Å². The summed E-state index contributed by atoms with van der Waals surface area (Å²) in [5.41, 5.74) is 5.47. The molecule has 0 bridgehead atoms. The van der Waals surface area contributed by atoms with Crippen LogP contribution in [0.3, 0.4) is 0 Å². The highest BCUT2D eigenvalue weighted by Gasteiger charge is 2.13. The van der Waals surface area contributed by atoms with E-state index in [9.17, 15) is 4.79 Å². The molecule has 1 aliphatic heterocycles. The number of anilines is 1. The van der Waals surface area contributed by atoms with E-state index in [0.717, 1.165) is 25.9 Å². The minimum Gasteiger partial charge on any atom is -0.382 e. The zero-order valence-electron chi connectivity index (χ0n) is 10.5. The molecular weight excluding hydrogens is 232 g/mol. The Morgan fingerprint density at radius 1 is 1.61 bits per heavy atom. The Balaban J connectivity index is 1.62. The molecule has 6 heteroatoms. The van der Waals surface area contributed by atoms with E-state index in [0.29, 0.717) is 18.5 Å². The van der Waals surface area contributed by atoms with Crippen LogP contribution in [0.5, 0.6) is 0 Å². The van der Waals surface area contributed by atoms with Gasteiger partial charge in [0.05, 0.1) is 6.10 Å². The summed E-state index contributed by atoms with van der Waals surface area (Å²) >= 11 is 0. The highest BCUT2D eigenvalue weighted by molar-refractivity contribution is 5.75. The van der Waals surface area contributed by atoms with Crippen molar-refractivity contribution in [2.45, 2.75) is 38.3 Å². The number of carbonyl (C=O) groups excluding carboxylic acids is 1. The normalized spacial score (nSPS) is 19.7. The van der Waals surface area contributed by atoms with Crippen LogP contribution in [0.25, 0.3) is 0 Å². The van der Waals surface area contributed by atoms with Gasteiger partial charge in [-0.1, -0.05) is 0 Å². The molecule has 0 saturated carbocycles. The number of nitrogen functional groups attached to an aromatic ring is 1. The Labute approximate surface area is 106 Å². The molecule has 0 radical (unpaired) electrons. The van der Waals surface area contributed by atoms with E-state index in [1.165, 1.54) is 11.1 Å². The zero-order chi connectivity index (χ0) is 12.8. The fourth-order valence-electron chi connectivity index (χ4n) is 2.08. The Morgan fingerprint density at radius 3 is 3.17 bits per heavy atom. The number of carbonyl (C=O) groups is 1. The van der Waals surface area contributed by atoms with Gasteiger partial charge in [-0.05, 0) is 31.7 Å². The molecule has 100 valence electrons. The summed E-state index contributed by atoms with van der Waals surface area (Å²) in [6, 6.07) is 1.67. The van der Waals surface area contributed by atoms with Crippen molar-refractivity contribution in [1.82, 2.24) is 15.1 Å². The molecule has 1 atom stereocenters. The molecule has 18 heavy (non-hydrogen) atoms. The summed E-state index contributed by atoms with van der Waals surface area (Å²) in [6.45, 7) is 1.72. The lowest BCUT2D eigenvalue weighted by atomic mass is 10.1. The van der Waals surface area contributed by atoms with E-state index < -0.39 is 0 Å². The van der Waals surface area contributed by atoms with E-state index in [4.69, 9.17) is 10.5 Å². The van der Waals surface area contributed by atoms with E-state index in [1.54, 1.807) is 12.3 Å². The number of ether oxygens (including phenoxy) is 1. The van der Waals surface area contributed by atoms with Crippen molar-refractivity contribution in [3.05, 3.63) is 12.3 Å². The average Bonchev–Trinajstić information content (AvgIpc) is 2.76. The molecule has 1 aromatic heterocycles. The van der Waals surface area contributed by atoms with Crippen LogP contribution in [0.4, 0.5) is 5.82 Å². The van der Waals surface area contributed by atoms with Gasteiger partial charge in [0, 0.05) is 19.3 Å². The second kappa shape index (κ2) is 6.39. The molecule has 0 aromatic carbocycles. The van der Waals surface area contributed by atoms with Crippen molar-refractivity contribution in [3.63, 3.8) is 0 Å². The SMILES string of the molecule is Nc1ccn(CC(=O)NCCC2CCCCO2)n1. The first-order chi connectivity index (χ1) is 8.74. The molecule has 2 rings (SSSR count). The van der Waals surface area contributed by atoms with Crippen LogP contribution < -0.4 is 11.1 Å². The van der Waals surface area contributed by atoms with Crippen molar-refractivity contribution in [3.8, 4) is 0 Å². The molecule has 0 aliphatic carbocycles. The molecule has 1 fully saturated rings. The lowest BCUT2D eigenvalue weighted by Crippen LogP contribution is -2.31. The fourth-order valence-corrected chi connectivity index (χ4v) is 2.08. The van der Waals surface area contributed by atoms with Crippen molar-refractivity contribution in [2.24, 2.45) is 0 Å². The lowest BCUT2D eigenvalue weighted by Gasteiger charge is -2.22. The van der Waals surface area contributed by atoms with Gasteiger partial charge < -0.3 is 15.8 Å². The second-order valence-corrected chi connectivity index (χ2v) is 4.57. The van der Waals surface area contributed by atoms with Crippen LogP contribution in [0.2, 0.25) is 0 Å². The predicted octanol–water partition coefficient (Wildman–Crippen LogP) is 0.541. The number of nitrogens with zero attached hydrogens (tertiary/aromatic N) is 2. The minimum absolute atomic E-state index is 0.0473. The number of amides is 1. The molecule has 6 nitrogen and oxygen atoms in total. The maximum atomic E-state index is 11.6. The third-order valence-electron chi connectivity index (χ3n) is 3.03. The molecule has 1 aromatic rings. The summed E-state index contributed by atoms with van der Waals surface area (Å²) in [4.78, 5) is 11.6. The first-order valence-electron chi connectivity index (χ1n) is 6.41. The lowest BCUT2D eigenvalue weighted by molar-refractivity contribution is -0.122. The molecule has 3 N–H and O–H groups in total. The Hall–Kier alpha value is -1.56. The molecule has 1 aliphatic rings. The first-order valence-corrected chi connectivity index (χ1v) is 6.41. The Bertz CT molecular complexity index is 385. The average molecular weight is 252 g/mol. The topological polar surface area (TPSA) is 82.2 Å². The van der Waals surface area contributed by atoms with Gasteiger partial charge in [0.25, 0.3) is 0 Å². The number of nitrogens with one attached hydrogen (secondary N) is 1. The van der Waals surface area contributed by atoms with Gasteiger partial charge in [-0.15, -0.1) is 0 Å². The van der Waals surface area contributed by atoms with Crippen LogP contribution in [0.15, 0.2) is 12.3 Å². The molecule has 1 unspecified atom stereocenters. The van der Waals surface area contributed by atoms with Gasteiger partial charge in [0.1, 0.15) is 12.4 Å². The molecular formula is C12H20N4O2. The standard InChI is InChI=1S/C12H20N4O2/c13-11-5-7-16(15-11)9-12(17)14-6-4-10-3-1-2-8-18-10/h5,7,10H,1-4,6,8-9H2,(H2,13,15)(H,14,17). The summed E-state index contributed by atoms with van der Waals surface area (Å²) < 4.78 is 7.13. The fraction of sp³-hybridized carbons (Fsp3) is 0.667. The molecule has 2 heterocycles. The Morgan fingerprint density at radius 2 is 2.50 bits per heavy atom. The second-order valence-electron chi connectivity index (χ2n) is 4.57. The number of hydrogen-bond donors (Lipinski definition) is 2. The highest BCUT2D eigenvalue weighted by atomic mass is 16.5. The first kappa shape index (κ1) is 12.9. The minimum atomic E-state index is -0.0473. The van der Waals surface area contributed by atoms with Crippen LogP contribution in [-0.2, 0) is 16.1 Å². The summed E-state index contributed by atoms with van der Waals surface area (Å²) in [5, 5.41) is 6.82. The third-order valence-corrected chi connectivity index (χ3v) is 3.03. The van der Waals surface area contributed by atoms with E-state index >= 15 is 0 Å². The van der Waals surface area contributed by atoms with Crippen LogP contribution >= 0.6 is 0 Å². The number of hydrogen-bond acceptors (Lipinski definition) is 4. The van der Waals surface area contributed by atoms with E-state index in [2.05, 4.69) is 10.4 Å². The van der Waals surface area contributed by atoms with Gasteiger partial charge in [-0.25, -0.2) is 0 Å². The summed E-state index contributed by atoms with van der Waals surface area (Å²) in [6.07, 6.45) is 6.37. The maximum Gasteiger partial charge on any atom is 0.241 e. The number of nitrogens with two attached hydrogens (primary N) is 1. The molecule has 1 saturated heterocycles. The molecule has 0 spiro atoms. The monoisotopic (exact) mass is 252 g/mol. The zero-order valence-corrected chi connectivity index (χ0v) is 10.5. The van der Waals surface area contributed by atoms with Crippen LogP contribution in [0, 0.1) is 0 Å².